The Balaban J connectivity index is 2.01. The van der Waals surface area contributed by atoms with Crippen LogP contribution in [0.15, 0.2) is 35.3 Å². The van der Waals surface area contributed by atoms with E-state index in [0.29, 0.717) is 25.8 Å². The Morgan fingerprint density at radius 3 is 2.52 bits per heavy atom. The molecule has 1 aliphatic rings. The fraction of sp³-hybridized carbons (Fsp3) is 0.444. The molecule has 3 amide bonds. The van der Waals surface area contributed by atoms with Crippen LogP contribution in [0.1, 0.15) is 37.8 Å². The van der Waals surface area contributed by atoms with Gasteiger partial charge in [0, 0.05) is 6.54 Å². The number of guanidine groups is 1. The van der Waals surface area contributed by atoms with E-state index < -0.39 is 29.9 Å². The zero-order chi connectivity index (χ0) is 20.0. The lowest BCUT2D eigenvalue weighted by Gasteiger charge is -2.43. The number of nitrogens with two attached hydrogens (primary N) is 2. The lowest BCUT2D eigenvalue weighted by Crippen LogP contribution is -2.68. The first-order chi connectivity index (χ1) is 12.9. The highest BCUT2D eigenvalue weighted by Gasteiger charge is 2.54. The highest BCUT2D eigenvalue weighted by Crippen LogP contribution is 2.31. The van der Waals surface area contributed by atoms with E-state index in [-0.39, 0.29) is 12.0 Å². The average molecular weight is 375 g/mol. The zero-order valence-electron chi connectivity index (χ0n) is 15.2. The number of rotatable bonds is 8. The van der Waals surface area contributed by atoms with Crippen molar-refractivity contribution in [3.8, 4) is 0 Å². The lowest BCUT2D eigenvalue weighted by molar-refractivity contribution is -0.166. The molecule has 1 saturated heterocycles. The molecule has 0 aliphatic carbocycles. The number of amides is 3. The highest BCUT2D eigenvalue weighted by atomic mass is 16.4. The fourth-order valence-electron chi connectivity index (χ4n) is 3.18. The summed E-state index contributed by atoms with van der Waals surface area (Å²) in [6.45, 7) is 2.20. The summed E-state index contributed by atoms with van der Waals surface area (Å²) in [7, 11) is 0. The Kier molecular flexibility index (Phi) is 6.75. The number of imide groups is 1. The minimum atomic E-state index is -1.20. The molecular weight excluding hydrogens is 350 g/mol. The van der Waals surface area contributed by atoms with Crippen molar-refractivity contribution in [2.24, 2.45) is 22.4 Å². The number of carboxylic acids is 1. The third-order valence-electron chi connectivity index (χ3n) is 4.56. The second kappa shape index (κ2) is 9.02. The molecule has 146 valence electrons. The van der Waals surface area contributed by atoms with E-state index >= 15 is 0 Å². The molecule has 6 N–H and O–H groups in total. The number of aliphatic imine (C=N–C) groups is 1. The van der Waals surface area contributed by atoms with Crippen LogP contribution in [0.2, 0.25) is 0 Å². The number of nitrogens with one attached hydrogen (secondary N) is 1. The van der Waals surface area contributed by atoms with Gasteiger partial charge in [-0.25, -0.2) is 14.5 Å². The van der Waals surface area contributed by atoms with Gasteiger partial charge in [0.1, 0.15) is 0 Å². The molecule has 27 heavy (non-hydrogen) atoms. The number of nitrogens with zero attached hydrogens (tertiary/aromatic N) is 2. The van der Waals surface area contributed by atoms with Crippen molar-refractivity contribution in [3.05, 3.63) is 35.9 Å². The summed E-state index contributed by atoms with van der Waals surface area (Å²) in [5.74, 6) is -2.51. The lowest BCUT2D eigenvalue weighted by atomic mass is 9.84. The van der Waals surface area contributed by atoms with Crippen molar-refractivity contribution in [1.82, 2.24) is 10.2 Å². The third-order valence-corrected chi connectivity index (χ3v) is 4.56. The first kappa shape index (κ1) is 20.2. The van der Waals surface area contributed by atoms with Gasteiger partial charge in [0.2, 0.25) is 5.91 Å². The van der Waals surface area contributed by atoms with Crippen LogP contribution >= 0.6 is 0 Å². The Labute approximate surface area is 157 Å². The number of aliphatic carboxylic acids is 1. The maximum absolute atomic E-state index is 12.5. The molecule has 9 nitrogen and oxygen atoms in total. The molecule has 0 bridgehead atoms. The van der Waals surface area contributed by atoms with Crippen LogP contribution in [-0.2, 0) is 9.59 Å². The summed E-state index contributed by atoms with van der Waals surface area (Å²) in [5.41, 5.74) is 11.4. The van der Waals surface area contributed by atoms with Crippen LogP contribution in [0, 0.1) is 5.92 Å². The van der Waals surface area contributed by atoms with E-state index in [9.17, 15) is 19.5 Å². The number of β-lactam (4-membered cyclic amide) rings is 1. The van der Waals surface area contributed by atoms with Crippen LogP contribution in [-0.4, -0.2) is 46.5 Å². The number of carboxylic acid groups (broad SMARTS) is 1. The predicted molar refractivity (Wildman–Crippen MR) is 99.7 cm³/mol. The van der Waals surface area contributed by atoms with Crippen molar-refractivity contribution in [2.75, 3.05) is 6.54 Å². The van der Waals surface area contributed by atoms with Gasteiger partial charge >= 0.3 is 12.0 Å². The molecule has 1 aromatic carbocycles. The second-order valence-corrected chi connectivity index (χ2v) is 6.37. The Bertz CT molecular complexity index is 718. The van der Waals surface area contributed by atoms with Gasteiger partial charge in [0.15, 0.2) is 12.0 Å². The van der Waals surface area contributed by atoms with Crippen molar-refractivity contribution < 1.29 is 19.5 Å². The number of benzene rings is 1. The van der Waals surface area contributed by atoms with Gasteiger partial charge in [-0.2, -0.15) is 0 Å². The summed E-state index contributed by atoms with van der Waals surface area (Å²) >= 11 is 0. The van der Waals surface area contributed by atoms with Crippen LogP contribution in [0.5, 0.6) is 0 Å². The number of hydrogen-bond acceptors (Lipinski definition) is 4. The summed E-state index contributed by atoms with van der Waals surface area (Å²) in [6, 6.07) is 7.14. The van der Waals surface area contributed by atoms with E-state index in [4.69, 9.17) is 11.5 Å². The van der Waals surface area contributed by atoms with Crippen LogP contribution in [0.4, 0.5) is 4.79 Å². The molecule has 1 heterocycles. The quantitative estimate of drug-likeness (QED) is 0.228. The molecule has 0 spiro atoms. The maximum atomic E-state index is 12.5. The topological polar surface area (TPSA) is 151 Å². The van der Waals surface area contributed by atoms with Crippen molar-refractivity contribution >= 4 is 23.9 Å². The van der Waals surface area contributed by atoms with Gasteiger partial charge in [-0.15, -0.1) is 0 Å². The predicted octanol–water partition coefficient (Wildman–Crippen LogP) is 0.813. The maximum Gasteiger partial charge on any atom is 0.327 e. The van der Waals surface area contributed by atoms with Gasteiger partial charge in [-0.05, 0) is 24.8 Å². The molecule has 1 aromatic rings. The molecule has 0 saturated carbocycles. The number of carbonyl (C=O) groups excluding carboxylic acids is 2. The van der Waals surface area contributed by atoms with Crippen molar-refractivity contribution in [3.63, 3.8) is 0 Å². The normalized spacial score (nSPS) is 19.7. The minimum Gasteiger partial charge on any atom is -0.480 e. The standard InChI is InChI=1S/C18H25N5O4/c1-2-13(11-7-4-3-5-8-11)22-18(27)23-14(16(25)26)12(15(23)24)9-6-10-21-17(19)20/h3-5,7-8,12-14H,2,6,9-10H2,1H3,(H,22,27)(H,25,26)(H4,19,20,21)/t12-,13?,14+/m1/s1. The van der Waals surface area contributed by atoms with E-state index in [1.807, 2.05) is 37.3 Å². The Morgan fingerprint density at radius 2 is 1.96 bits per heavy atom. The third kappa shape index (κ3) is 4.75. The molecule has 1 fully saturated rings. The average Bonchev–Trinajstić information content (AvgIpc) is 2.63. The van der Waals surface area contributed by atoms with Gasteiger partial charge in [-0.3, -0.25) is 9.79 Å². The van der Waals surface area contributed by atoms with Gasteiger partial charge in [0.25, 0.3) is 0 Å². The molecule has 3 atom stereocenters. The summed E-state index contributed by atoms with van der Waals surface area (Å²) < 4.78 is 0. The number of likely N-dealkylation sites (tertiary alicyclic amines) is 1. The molecule has 0 aromatic heterocycles. The van der Waals surface area contributed by atoms with E-state index in [0.717, 1.165) is 10.5 Å². The fourth-order valence-corrected chi connectivity index (χ4v) is 3.18. The smallest absolute Gasteiger partial charge is 0.327 e. The van der Waals surface area contributed by atoms with Crippen molar-refractivity contribution in [2.45, 2.75) is 38.3 Å². The summed E-state index contributed by atoms with van der Waals surface area (Å²) in [5, 5.41) is 12.2. The van der Waals surface area contributed by atoms with E-state index in [1.54, 1.807) is 0 Å². The van der Waals surface area contributed by atoms with E-state index in [2.05, 4.69) is 10.3 Å². The number of hydrogen-bond donors (Lipinski definition) is 4. The first-order valence-corrected chi connectivity index (χ1v) is 8.83. The first-order valence-electron chi connectivity index (χ1n) is 8.83. The molecule has 1 unspecified atom stereocenters. The van der Waals surface area contributed by atoms with Crippen LogP contribution in [0.25, 0.3) is 0 Å². The summed E-state index contributed by atoms with van der Waals surface area (Å²) in [6.07, 6.45) is 1.36. The highest BCUT2D eigenvalue weighted by molar-refractivity contribution is 6.07. The SMILES string of the molecule is CCC(NC(=O)N1C(=O)[C@H](CCCN=C(N)N)[C@H]1C(=O)O)c1ccccc1. The monoisotopic (exact) mass is 375 g/mol. The largest absolute Gasteiger partial charge is 0.480 e. The second-order valence-electron chi connectivity index (χ2n) is 6.37. The van der Waals surface area contributed by atoms with Crippen LogP contribution in [0.3, 0.4) is 0 Å². The zero-order valence-corrected chi connectivity index (χ0v) is 15.2. The molecule has 0 radical (unpaired) electrons. The molecule has 2 rings (SSSR count). The van der Waals surface area contributed by atoms with Gasteiger partial charge < -0.3 is 21.9 Å². The molecule has 9 heteroatoms. The van der Waals surface area contributed by atoms with Gasteiger partial charge in [-0.1, -0.05) is 37.3 Å². The number of urea groups is 1. The van der Waals surface area contributed by atoms with Crippen LogP contribution < -0.4 is 16.8 Å². The minimum absolute atomic E-state index is 0.0581. The molecular formula is C18H25N5O4. The molecule has 1 aliphatic heterocycles. The summed E-state index contributed by atoms with van der Waals surface area (Å²) in [4.78, 5) is 41.1. The van der Waals surface area contributed by atoms with Crippen molar-refractivity contribution in [1.29, 1.82) is 0 Å². The van der Waals surface area contributed by atoms with E-state index in [1.165, 1.54) is 0 Å². The Morgan fingerprint density at radius 1 is 1.30 bits per heavy atom. The van der Waals surface area contributed by atoms with Gasteiger partial charge in [0.05, 0.1) is 12.0 Å². The Hall–Kier alpha value is -3.10. The number of carbonyl (C=O) groups is 3.